The van der Waals surface area contributed by atoms with Gasteiger partial charge in [-0.2, -0.15) is 0 Å². The number of benzene rings is 2. The minimum atomic E-state index is -1.12. The maximum Gasteiger partial charge on any atom is 0.342 e. The Hall–Kier alpha value is -3.23. The zero-order valence-corrected chi connectivity index (χ0v) is 17.4. The van der Waals surface area contributed by atoms with E-state index in [2.05, 4.69) is 16.8 Å². The second-order valence-electron chi connectivity index (χ2n) is 5.80. The van der Waals surface area contributed by atoms with Crippen molar-refractivity contribution in [2.45, 2.75) is 5.22 Å². The van der Waals surface area contributed by atoms with Gasteiger partial charge in [0, 0.05) is 5.02 Å². The highest BCUT2D eigenvalue weighted by Crippen LogP contribution is 2.35. The van der Waals surface area contributed by atoms with Crippen LogP contribution in [0.4, 0.5) is 0 Å². The highest BCUT2D eigenvalue weighted by Gasteiger charge is 2.18. The van der Waals surface area contributed by atoms with Crippen molar-refractivity contribution >= 4 is 35.4 Å². The monoisotopic (exact) mass is 444 g/mol. The first-order valence-electron chi connectivity index (χ1n) is 8.64. The molecule has 0 atom stereocenters. The van der Waals surface area contributed by atoms with Gasteiger partial charge < -0.3 is 19.0 Å². The minimum Gasteiger partial charge on any atom is -0.496 e. The normalized spacial score (nSPS) is 11.2. The second-order valence-corrected chi connectivity index (χ2v) is 7.23. The van der Waals surface area contributed by atoms with Gasteiger partial charge in [0.2, 0.25) is 0 Å². The molecule has 0 radical (unpaired) electrons. The summed E-state index contributed by atoms with van der Waals surface area (Å²) in [6, 6.07) is 12.0. The number of halogens is 1. The van der Waals surface area contributed by atoms with Gasteiger partial charge >= 0.3 is 5.97 Å². The Morgan fingerprint density at radius 2 is 2.03 bits per heavy atom. The molecule has 7 nitrogen and oxygen atoms in total. The number of aromatic nitrogens is 2. The average molecular weight is 445 g/mol. The number of hydrogen-bond acceptors (Lipinski definition) is 7. The van der Waals surface area contributed by atoms with Gasteiger partial charge in [0.1, 0.15) is 23.0 Å². The summed E-state index contributed by atoms with van der Waals surface area (Å²) in [7, 11) is 1.51. The molecule has 154 valence electrons. The van der Waals surface area contributed by atoms with E-state index < -0.39 is 5.97 Å². The van der Waals surface area contributed by atoms with Gasteiger partial charge in [0.25, 0.3) is 11.1 Å². The quantitative estimate of drug-likeness (QED) is 0.274. The van der Waals surface area contributed by atoms with Crippen LogP contribution in [-0.2, 0) is 4.79 Å². The van der Waals surface area contributed by atoms with Crippen molar-refractivity contribution < 1.29 is 23.8 Å². The van der Waals surface area contributed by atoms with Crippen molar-refractivity contribution in [3.63, 3.8) is 0 Å². The zero-order valence-electron chi connectivity index (χ0n) is 15.9. The first-order valence-corrected chi connectivity index (χ1v) is 9.83. The van der Waals surface area contributed by atoms with E-state index in [0.717, 1.165) is 11.8 Å². The number of carbonyl (C=O) groups is 1. The highest BCUT2D eigenvalue weighted by atomic mass is 35.5. The van der Waals surface area contributed by atoms with Gasteiger partial charge in [-0.25, -0.2) is 4.79 Å². The fraction of sp³-hybridized carbons (Fsp3) is 0.0952. The zero-order chi connectivity index (χ0) is 21.5. The Morgan fingerprint density at radius 3 is 2.70 bits per heavy atom. The van der Waals surface area contributed by atoms with Crippen LogP contribution in [0.5, 0.6) is 11.5 Å². The number of methoxy groups -OCH3 is 1. The van der Waals surface area contributed by atoms with Crippen molar-refractivity contribution in [3.8, 4) is 23.0 Å². The summed E-state index contributed by atoms with van der Waals surface area (Å²) in [4.78, 5) is 11.7. The standard InChI is InChI=1S/C21H17ClN2O5S/c1-3-10-28-15-7-4-13(5-8-15)11-18(20(25)26)30-21-24-23-19(29-21)16-12-14(22)6-9-17(16)27-2/h3-9,11-12H,1,10H2,2H3,(H,25,26)/b18-11-. The predicted molar refractivity (Wildman–Crippen MR) is 115 cm³/mol. The van der Waals surface area contributed by atoms with Gasteiger partial charge in [-0.05, 0) is 53.7 Å². The molecule has 0 aliphatic heterocycles. The number of aliphatic carboxylic acids is 1. The van der Waals surface area contributed by atoms with Crippen LogP contribution in [0.3, 0.4) is 0 Å². The SMILES string of the molecule is C=CCOc1ccc(/C=C(\Sc2nnc(-c3cc(Cl)ccc3OC)o2)C(=O)O)cc1. The third kappa shape index (κ3) is 5.43. The number of hydrogen-bond donors (Lipinski definition) is 1. The molecule has 1 N–H and O–H groups in total. The molecule has 3 aromatic rings. The average Bonchev–Trinajstić information content (AvgIpc) is 3.21. The Kier molecular flexibility index (Phi) is 7.16. The first-order chi connectivity index (χ1) is 14.5. The van der Waals surface area contributed by atoms with E-state index in [9.17, 15) is 9.90 Å². The molecule has 2 aromatic carbocycles. The van der Waals surface area contributed by atoms with Gasteiger partial charge in [0.05, 0.1) is 12.7 Å². The Labute approximate surface area is 182 Å². The summed E-state index contributed by atoms with van der Waals surface area (Å²) >= 11 is 6.88. The summed E-state index contributed by atoms with van der Waals surface area (Å²) in [5.74, 6) is 0.221. The molecular formula is C21H17ClN2O5S. The van der Waals surface area contributed by atoms with Crippen LogP contribution in [0.2, 0.25) is 5.02 Å². The minimum absolute atomic E-state index is 0.0167. The van der Waals surface area contributed by atoms with Crippen molar-refractivity contribution in [1.82, 2.24) is 10.2 Å². The molecule has 1 heterocycles. The van der Waals surface area contributed by atoms with Crippen LogP contribution >= 0.6 is 23.4 Å². The molecule has 0 saturated carbocycles. The number of thioether (sulfide) groups is 1. The molecule has 0 aliphatic rings. The van der Waals surface area contributed by atoms with E-state index in [-0.39, 0.29) is 16.0 Å². The van der Waals surface area contributed by atoms with Gasteiger partial charge in [-0.1, -0.05) is 36.4 Å². The predicted octanol–water partition coefficient (Wildman–Crippen LogP) is 5.18. The molecule has 0 unspecified atom stereocenters. The molecular weight excluding hydrogens is 428 g/mol. The van der Waals surface area contributed by atoms with Gasteiger partial charge in [-0.15, -0.1) is 10.2 Å². The number of carboxylic acids is 1. The van der Waals surface area contributed by atoms with Crippen LogP contribution in [0.15, 0.2) is 69.7 Å². The smallest absolute Gasteiger partial charge is 0.342 e. The Bertz CT molecular complexity index is 1080. The van der Waals surface area contributed by atoms with Gasteiger partial charge in [-0.3, -0.25) is 0 Å². The van der Waals surface area contributed by atoms with Crippen molar-refractivity contribution in [3.05, 3.63) is 70.6 Å². The van der Waals surface area contributed by atoms with Crippen LogP contribution in [0.25, 0.3) is 17.5 Å². The third-order valence-corrected chi connectivity index (χ3v) is 4.84. The molecule has 3 rings (SSSR count). The topological polar surface area (TPSA) is 94.7 Å². The number of carboxylic acid groups (broad SMARTS) is 1. The first kappa shape index (κ1) is 21.5. The number of nitrogens with zero attached hydrogens (tertiary/aromatic N) is 2. The number of ether oxygens (including phenoxy) is 2. The van der Waals surface area contributed by atoms with E-state index in [4.69, 9.17) is 25.5 Å². The summed E-state index contributed by atoms with van der Waals surface area (Å²) in [5, 5.41) is 18.0. The number of rotatable bonds is 9. The highest BCUT2D eigenvalue weighted by molar-refractivity contribution is 8.03. The molecule has 30 heavy (non-hydrogen) atoms. The lowest BCUT2D eigenvalue weighted by Gasteiger charge is -2.05. The molecule has 0 bridgehead atoms. The second kappa shape index (κ2) is 10.00. The van der Waals surface area contributed by atoms with Crippen molar-refractivity contribution in [1.29, 1.82) is 0 Å². The molecule has 0 saturated heterocycles. The summed E-state index contributed by atoms with van der Waals surface area (Å²) in [5.41, 5.74) is 1.20. The molecule has 0 fully saturated rings. The van der Waals surface area contributed by atoms with E-state index in [1.54, 1.807) is 48.5 Å². The third-order valence-electron chi connectivity index (χ3n) is 3.75. The molecule has 1 aromatic heterocycles. The van der Waals surface area contributed by atoms with Crippen LogP contribution in [0.1, 0.15) is 5.56 Å². The summed E-state index contributed by atoms with van der Waals surface area (Å²) in [6.07, 6.45) is 3.15. The lowest BCUT2D eigenvalue weighted by molar-refractivity contribution is -0.131. The van der Waals surface area contributed by atoms with Crippen molar-refractivity contribution in [2.24, 2.45) is 0 Å². The lowest BCUT2D eigenvalue weighted by Crippen LogP contribution is -1.97. The Balaban J connectivity index is 1.81. The van der Waals surface area contributed by atoms with Crippen LogP contribution in [0, 0.1) is 0 Å². The van der Waals surface area contributed by atoms with E-state index in [1.165, 1.54) is 13.2 Å². The Morgan fingerprint density at radius 1 is 1.27 bits per heavy atom. The fourth-order valence-corrected chi connectivity index (χ4v) is 3.25. The molecule has 0 amide bonds. The van der Waals surface area contributed by atoms with E-state index in [1.807, 2.05) is 0 Å². The molecule has 9 heteroatoms. The van der Waals surface area contributed by atoms with Crippen molar-refractivity contribution in [2.75, 3.05) is 13.7 Å². The lowest BCUT2D eigenvalue weighted by atomic mass is 10.2. The summed E-state index contributed by atoms with van der Waals surface area (Å²) in [6.45, 7) is 3.98. The molecule has 0 spiro atoms. The largest absolute Gasteiger partial charge is 0.496 e. The summed E-state index contributed by atoms with van der Waals surface area (Å²) < 4.78 is 16.3. The van der Waals surface area contributed by atoms with Crippen LogP contribution < -0.4 is 9.47 Å². The maximum atomic E-state index is 11.7. The van der Waals surface area contributed by atoms with E-state index in [0.29, 0.717) is 34.3 Å². The molecule has 0 aliphatic carbocycles. The van der Waals surface area contributed by atoms with Crippen LogP contribution in [-0.4, -0.2) is 35.0 Å². The maximum absolute atomic E-state index is 11.7. The fourth-order valence-electron chi connectivity index (χ4n) is 2.40. The van der Waals surface area contributed by atoms with Gasteiger partial charge in [0.15, 0.2) is 0 Å². The van der Waals surface area contributed by atoms with E-state index >= 15 is 0 Å².